The summed E-state index contributed by atoms with van der Waals surface area (Å²) >= 11 is 5.93. The second-order valence-electron chi connectivity index (χ2n) is 6.78. The van der Waals surface area contributed by atoms with Crippen LogP contribution in [0.1, 0.15) is 47.1 Å². The van der Waals surface area contributed by atoms with Crippen LogP contribution in [0.2, 0.25) is 5.02 Å². The van der Waals surface area contributed by atoms with Crippen LogP contribution in [0.15, 0.2) is 24.5 Å². The molecule has 150 valence electrons. The molecule has 3 aromatic rings. The van der Waals surface area contributed by atoms with Gasteiger partial charge in [-0.3, -0.25) is 14.9 Å². The number of hydrogen-bond donors (Lipinski definition) is 0. The summed E-state index contributed by atoms with van der Waals surface area (Å²) in [4.78, 5) is 27.9. The first kappa shape index (κ1) is 19.4. The molecule has 0 radical (unpaired) electrons. The largest absolute Gasteiger partial charge is 0.356 e. The molecule has 4 rings (SSSR count). The number of benzene rings is 1. The second-order valence-corrected chi connectivity index (χ2v) is 7.19. The van der Waals surface area contributed by atoms with E-state index >= 15 is 0 Å². The molecule has 0 saturated carbocycles. The summed E-state index contributed by atoms with van der Waals surface area (Å²) in [6, 6.07) is 2.42. The Balaban J connectivity index is 1.87. The lowest BCUT2D eigenvalue weighted by Gasteiger charge is -2.23. The van der Waals surface area contributed by atoms with Crippen LogP contribution in [-0.2, 0) is 4.74 Å². The zero-order valence-corrected chi connectivity index (χ0v) is 16.1. The van der Waals surface area contributed by atoms with Crippen LogP contribution in [0.3, 0.4) is 0 Å². The fraction of sp³-hybridized carbons (Fsp3) is 0.316. The van der Waals surface area contributed by atoms with Crippen molar-refractivity contribution in [2.45, 2.75) is 32.4 Å². The quantitative estimate of drug-likeness (QED) is 0.354. The topological polar surface area (TPSA) is 100 Å². The third-order valence-corrected chi connectivity index (χ3v) is 5.40. The van der Waals surface area contributed by atoms with Gasteiger partial charge in [0, 0.05) is 29.3 Å². The van der Waals surface area contributed by atoms with Gasteiger partial charge in [0.05, 0.1) is 16.1 Å². The van der Waals surface area contributed by atoms with E-state index in [1.165, 1.54) is 30.1 Å². The molecule has 1 aromatic carbocycles. The number of fused-ring (bicyclic) bond motifs is 1. The summed E-state index contributed by atoms with van der Waals surface area (Å²) in [5, 5.41) is 16.1. The molecular formula is C19H16ClFN4O4. The number of nitro groups is 1. The van der Waals surface area contributed by atoms with Gasteiger partial charge >= 0.3 is 5.69 Å². The van der Waals surface area contributed by atoms with Gasteiger partial charge in [-0.25, -0.2) is 14.1 Å². The first-order valence-corrected chi connectivity index (χ1v) is 9.39. The average Bonchev–Trinajstić information content (AvgIpc) is 3.16. The molecule has 0 amide bonds. The highest BCUT2D eigenvalue weighted by Gasteiger charge is 2.30. The molecule has 10 heteroatoms. The molecule has 8 nitrogen and oxygen atoms in total. The Morgan fingerprint density at radius 3 is 2.86 bits per heavy atom. The van der Waals surface area contributed by atoms with Crippen LogP contribution in [0.25, 0.3) is 10.9 Å². The van der Waals surface area contributed by atoms with Gasteiger partial charge in [0.1, 0.15) is 11.3 Å². The van der Waals surface area contributed by atoms with Gasteiger partial charge in [0.15, 0.2) is 11.9 Å². The zero-order chi connectivity index (χ0) is 20.7. The summed E-state index contributed by atoms with van der Waals surface area (Å²) in [5.41, 5.74) is -0.494. The molecule has 1 unspecified atom stereocenters. The van der Waals surface area contributed by atoms with E-state index < -0.39 is 28.4 Å². The predicted molar refractivity (Wildman–Crippen MR) is 103 cm³/mol. The number of hydrogen-bond acceptors (Lipinski definition) is 6. The number of carbonyl (C=O) groups is 1. The summed E-state index contributed by atoms with van der Waals surface area (Å²) < 4.78 is 21.7. The van der Waals surface area contributed by atoms with Crippen molar-refractivity contribution in [2.24, 2.45) is 0 Å². The molecule has 2 aromatic heterocycles. The normalized spacial score (nSPS) is 16.9. The first-order valence-electron chi connectivity index (χ1n) is 9.01. The third kappa shape index (κ3) is 3.26. The minimum absolute atomic E-state index is 0.0702. The van der Waals surface area contributed by atoms with Crippen LogP contribution in [-0.4, -0.2) is 32.1 Å². The van der Waals surface area contributed by atoms with Crippen molar-refractivity contribution in [2.75, 3.05) is 6.61 Å². The van der Waals surface area contributed by atoms with Crippen molar-refractivity contribution in [3.63, 3.8) is 0 Å². The highest BCUT2D eigenvalue weighted by atomic mass is 35.5. The van der Waals surface area contributed by atoms with E-state index in [1.807, 2.05) is 0 Å². The van der Waals surface area contributed by atoms with Crippen LogP contribution >= 0.6 is 11.6 Å². The van der Waals surface area contributed by atoms with E-state index in [4.69, 9.17) is 16.3 Å². The standard InChI is InChI=1S/C19H16ClFN4O4/c1-10-13(20)9-22-16(17(10)25(27)28)19(26)11-5-6-14(21)18-12(11)8-23-24(18)15-4-2-3-7-29-15/h5-6,8-9,15H,2-4,7H2,1H3. The third-order valence-electron chi connectivity index (χ3n) is 5.02. The fourth-order valence-corrected chi connectivity index (χ4v) is 3.68. The van der Waals surface area contributed by atoms with Gasteiger partial charge in [-0.15, -0.1) is 0 Å². The van der Waals surface area contributed by atoms with Crippen LogP contribution in [0.5, 0.6) is 0 Å². The number of ether oxygens (including phenoxy) is 1. The highest BCUT2D eigenvalue weighted by molar-refractivity contribution is 6.31. The Hall–Kier alpha value is -2.91. The summed E-state index contributed by atoms with van der Waals surface area (Å²) in [5.74, 6) is -1.26. The van der Waals surface area contributed by atoms with E-state index in [2.05, 4.69) is 10.1 Å². The number of ketones is 1. The first-order chi connectivity index (χ1) is 13.9. The maximum Gasteiger partial charge on any atom is 0.303 e. The summed E-state index contributed by atoms with van der Waals surface area (Å²) in [7, 11) is 0. The number of halogens is 2. The Labute approximate surface area is 169 Å². The Morgan fingerprint density at radius 1 is 1.38 bits per heavy atom. The smallest absolute Gasteiger partial charge is 0.303 e. The number of rotatable bonds is 4. The number of nitrogens with zero attached hydrogens (tertiary/aromatic N) is 4. The molecule has 3 heterocycles. The van der Waals surface area contributed by atoms with Crippen molar-refractivity contribution >= 4 is 34.0 Å². The molecule has 0 aliphatic carbocycles. The van der Waals surface area contributed by atoms with Crippen molar-refractivity contribution in [3.8, 4) is 0 Å². The average molecular weight is 419 g/mol. The van der Waals surface area contributed by atoms with E-state index in [0.717, 1.165) is 18.9 Å². The molecule has 1 aliphatic rings. The van der Waals surface area contributed by atoms with Gasteiger partial charge < -0.3 is 4.74 Å². The van der Waals surface area contributed by atoms with Gasteiger partial charge in [0.2, 0.25) is 5.78 Å². The monoisotopic (exact) mass is 418 g/mol. The molecule has 1 fully saturated rings. The SMILES string of the molecule is Cc1c(Cl)cnc(C(=O)c2ccc(F)c3c2cnn3C2CCCCO2)c1[N+](=O)[O-]. The lowest BCUT2D eigenvalue weighted by Crippen LogP contribution is -2.19. The Morgan fingerprint density at radius 2 is 2.17 bits per heavy atom. The maximum absolute atomic E-state index is 14.6. The van der Waals surface area contributed by atoms with Crippen LogP contribution in [0.4, 0.5) is 10.1 Å². The lowest BCUT2D eigenvalue weighted by molar-refractivity contribution is -0.385. The molecule has 1 aliphatic heterocycles. The summed E-state index contributed by atoms with van der Waals surface area (Å²) in [6.07, 6.45) is 4.67. The molecule has 29 heavy (non-hydrogen) atoms. The minimum atomic E-state index is -0.703. The predicted octanol–water partition coefficient (Wildman–Crippen LogP) is 4.37. The van der Waals surface area contributed by atoms with Crippen molar-refractivity contribution in [1.29, 1.82) is 0 Å². The maximum atomic E-state index is 14.6. The van der Waals surface area contributed by atoms with Gasteiger partial charge in [-0.1, -0.05) is 11.6 Å². The van der Waals surface area contributed by atoms with E-state index in [0.29, 0.717) is 13.0 Å². The second kappa shape index (κ2) is 7.49. The zero-order valence-electron chi connectivity index (χ0n) is 15.4. The fourth-order valence-electron chi connectivity index (χ4n) is 3.54. The van der Waals surface area contributed by atoms with Gasteiger partial charge in [-0.2, -0.15) is 5.10 Å². The van der Waals surface area contributed by atoms with E-state index in [9.17, 15) is 19.3 Å². The van der Waals surface area contributed by atoms with Crippen LogP contribution < -0.4 is 0 Å². The van der Waals surface area contributed by atoms with Gasteiger partial charge in [0.25, 0.3) is 0 Å². The number of aromatic nitrogens is 3. The molecule has 0 bridgehead atoms. The van der Waals surface area contributed by atoms with Crippen molar-refractivity contribution in [1.82, 2.24) is 14.8 Å². The molecule has 0 N–H and O–H groups in total. The van der Waals surface area contributed by atoms with E-state index in [-0.39, 0.29) is 32.7 Å². The Kier molecular flexibility index (Phi) is 5.01. The Bertz CT molecular complexity index is 1140. The minimum Gasteiger partial charge on any atom is -0.356 e. The van der Waals surface area contributed by atoms with Crippen molar-refractivity contribution in [3.05, 3.63) is 62.3 Å². The molecule has 0 spiro atoms. The summed E-state index contributed by atoms with van der Waals surface area (Å²) in [6.45, 7) is 1.99. The lowest BCUT2D eigenvalue weighted by atomic mass is 10.0. The van der Waals surface area contributed by atoms with Gasteiger partial charge in [-0.05, 0) is 38.3 Å². The molecule has 1 saturated heterocycles. The molecular weight excluding hydrogens is 403 g/mol. The molecule has 1 atom stereocenters. The number of pyridine rings is 1. The van der Waals surface area contributed by atoms with Crippen molar-refractivity contribution < 1.29 is 18.8 Å². The highest BCUT2D eigenvalue weighted by Crippen LogP contribution is 2.33. The number of carbonyl (C=O) groups excluding carboxylic acids is 1. The van der Waals surface area contributed by atoms with Crippen LogP contribution in [0, 0.1) is 22.9 Å². The van der Waals surface area contributed by atoms with E-state index in [1.54, 1.807) is 0 Å².